The van der Waals surface area contributed by atoms with Gasteiger partial charge in [-0.15, -0.1) is 0 Å². The van der Waals surface area contributed by atoms with Crippen LogP contribution in [-0.4, -0.2) is 22.4 Å². The van der Waals surface area contributed by atoms with Crippen molar-refractivity contribution in [3.63, 3.8) is 0 Å². The first-order valence-corrected chi connectivity index (χ1v) is 9.40. The number of hydrogen-bond acceptors (Lipinski definition) is 3. The predicted octanol–water partition coefficient (Wildman–Crippen LogP) is 3.64. The molecule has 0 aromatic carbocycles. The molecule has 1 spiro atoms. The molecule has 3 nitrogen and oxygen atoms in total. The van der Waals surface area contributed by atoms with Crippen LogP contribution in [0.1, 0.15) is 69.1 Å². The highest BCUT2D eigenvalue weighted by atomic mass is 16.3. The Morgan fingerprint density at radius 2 is 2.13 bits per heavy atom. The lowest BCUT2D eigenvalue weighted by atomic mass is 9.45. The van der Waals surface area contributed by atoms with Gasteiger partial charge in [0, 0.05) is 6.42 Å². The molecule has 0 saturated heterocycles. The van der Waals surface area contributed by atoms with Crippen LogP contribution in [0, 0.1) is 22.7 Å². The number of aliphatic hydroxyl groups is 2. The van der Waals surface area contributed by atoms with E-state index in [0.29, 0.717) is 23.2 Å². The minimum Gasteiger partial charge on any atom is -0.469 e. The number of aliphatic hydroxyl groups excluding tert-OH is 1. The van der Waals surface area contributed by atoms with Crippen molar-refractivity contribution in [2.45, 2.75) is 69.8 Å². The van der Waals surface area contributed by atoms with E-state index < -0.39 is 5.60 Å². The molecule has 4 aliphatic carbocycles. The molecule has 1 heterocycles. The predicted molar refractivity (Wildman–Crippen MR) is 87.0 cm³/mol. The lowest BCUT2D eigenvalue weighted by Crippen LogP contribution is -2.51. The molecule has 1 aromatic heterocycles. The standard InChI is InChI=1S/C20H28O3/c1-18-7-5-16-14(6-9-23-16)15(18)4-8-19-10-13(2-3-17(18)19)20(22,11-19)12-21/h6,9,13,15,17,21-22H,2-5,7-8,10-12H2,1H3/t13-,15-,17-,18-,19+,20+/m1/s1. The summed E-state index contributed by atoms with van der Waals surface area (Å²) in [6.45, 7) is 2.45. The van der Waals surface area contributed by atoms with Gasteiger partial charge in [0.15, 0.2) is 0 Å². The van der Waals surface area contributed by atoms with E-state index in [9.17, 15) is 10.2 Å². The zero-order chi connectivity index (χ0) is 15.9. The maximum atomic E-state index is 10.9. The molecule has 3 saturated carbocycles. The van der Waals surface area contributed by atoms with E-state index in [-0.39, 0.29) is 12.0 Å². The zero-order valence-corrected chi connectivity index (χ0v) is 14.1. The van der Waals surface area contributed by atoms with E-state index in [1.807, 2.05) is 6.26 Å². The number of hydrogen-bond donors (Lipinski definition) is 2. The third kappa shape index (κ3) is 1.68. The fourth-order valence-corrected chi connectivity index (χ4v) is 7.51. The lowest BCUT2D eigenvalue weighted by Gasteiger charge is -2.59. The van der Waals surface area contributed by atoms with Gasteiger partial charge in [-0.1, -0.05) is 6.92 Å². The Morgan fingerprint density at radius 3 is 2.96 bits per heavy atom. The molecule has 0 radical (unpaired) electrons. The molecule has 5 rings (SSSR count). The zero-order valence-electron chi connectivity index (χ0n) is 14.1. The molecule has 0 amide bonds. The second-order valence-electron chi connectivity index (χ2n) is 9.23. The third-order valence-electron chi connectivity index (χ3n) is 8.46. The van der Waals surface area contributed by atoms with Gasteiger partial charge < -0.3 is 14.6 Å². The van der Waals surface area contributed by atoms with Gasteiger partial charge >= 0.3 is 0 Å². The van der Waals surface area contributed by atoms with E-state index in [0.717, 1.165) is 25.7 Å². The largest absolute Gasteiger partial charge is 0.469 e. The number of fused-ring (bicyclic) bond motifs is 5. The quantitative estimate of drug-likeness (QED) is 0.831. The highest BCUT2D eigenvalue weighted by Crippen LogP contribution is 2.71. The van der Waals surface area contributed by atoms with Crippen LogP contribution >= 0.6 is 0 Å². The van der Waals surface area contributed by atoms with Gasteiger partial charge in [-0.05, 0) is 85.2 Å². The molecule has 6 atom stereocenters. The number of rotatable bonds is 1. The highest BCUT2D eigenvalue weighted by molar-refractivity contribution is 5.31. The monoisotopic (exact) mass is 316 g/mol. The Morgan fingerprint density at radius 1 is 1.26 bits per heavy atom. The van der Waals surface area contributed by atoms with Gasteiger partial charge in [0.2, 0.25) is 0 Å². The van der Waals surface area contributed by atoms with Gasteiger partial charge in [-0.2, -0.15) is 0 Å². The van der Waals surface area contributed by atoms with Crippen LogP contribution in [0.25, 0.3) is 0 Å². The van der Waals surface area contributed by atoms with Crippen LogP contribution in [0.2, 0.25) is 0 Å². The van der Waals surface area contributed by atoms with Crippen LogP contribution in [0.15, 0.2) is 16.7 Å². The summed E-state index contributed by atoms with van der Waals surface area (Å²) in [5, 5.41) is 20.7. The van der Waals surface area contributed by atoms with E-state index >= 15 is 0 Å². The van der Waals surface area contributed by atoms with Crippen molar-refractivity contribution in [2.24, 2.45) is 22.7 Å². The molecule has 0 unspecified atom stereocenters. The molecular formula is C20H28O3. The van der Waals surface area contributed by atoms with Crippen LogP contribution < -0.4 is 0 Å². The number of aryl methyl sites for hydroxylation is 1. The maximum Gasteiger partial charge on any atom is 0.107 e. The first-order chi connectivity index (χ1) is 11.0. The minimum atomic E-state index is -0.812. The number of furan rings is 1. The summed E-state index contributed by atoms with van der Waals surface area (Å²) in [4.78, 5) is 0. The van der Waals surface area contributed by atoms with Crippen LogP contribution in [0.3, 0.4) is 0 Å². The normalized spacial score (nSPS) is 51.0. The Balaban J connectivity index is 1.56. The molecule has 3 fully saturated rings. The van der Waals surface area contributed by atoms with Crippen LogP contribution in [0.5, 0.6) is 0 Å². The van der Waals surface area contributed by atoms with Gasteiger partial charge in [0.05, 0.1) is 18.5 Å². The van der Waals surface area contributed by atoms with Crippen molar-refractivity contribution in [2.75, 3.05) is 6.61 Å². The SMILES string of the molecule is C[C@@]12CCc3occc3[C@H]1CC[C@@]13C[C@@H](CC[C@@H]12)[C@@](O)(CO)C3. The van der Waals surface area contributed by atoms with Gasteiger partial charge in [0.25, 0.3) is 0 Å². The second kappa shape index (κ2) is 4.43. The molecular weight excluding hydrogens is 288 g/mol. The summed E-state index contributed by atoms with van der Waals surface area (Å²) in [5.41, 5.74) is 1.26. The fraction of sp³-hybridized carbons (Fsp3) is 0.800. The summed E-state index contributed by atoms with van der Waals surface area (Å²) >= 11 is 0. The molecule has 3 heteroatoms. The Labute approximate surface area is 138 Å². The first kappa shape index (κ1) is 14.5. The average molecular weight is 316 g/mol. The fourth-order valence-electron chi connectivity index (χ4n) is 7.51. The lowest BCUT2D eigenvalue weighted by molar-refractivity contribution is -0.0727. The van der Waals surface area contributed by atoms with E-state index in [1.54, 1.807) is 0 Å². The summed E-state index contributed by atoms with van der Waals surface area (Å²) in [6, 6.07) is 2.21. The Bertz CT molecular complexity index is 637. The molecule has 2 N–H and O–H groups in total. The van der Waals surface area contributed by atoms with E-state index in [4.69, 9.17) is 4.42 Å². The Hall–Kier alpha value is -0.800. The van der Waals surface area contributed by atoms with E-state index in [1.165, 1.54) is 37.0 Å². The summed E-state index contributed by atoms with van der Waals surface area (Å²) in [5.74, 6) is 2.85. The van der Waals surface area contributed by atoms with Gasteiger partial charge in [-0.25, -0.2) is 0 Å². The van der Waals surface area contributed by atoms with Crippen molar-refractivity contribution in [1.82, 2.24) is 0 Å². The van der Waals surface area contributed by atoms with Crippen molar-refractivity contribution in [3.05, 3.63) is 23.7 Å². The average Bonchev–Trinajstić information content (AvgIpc) is 3.09. The molecule has 1 aromatic rings. The third-order valence-corrected chi connectivity index (χ3v) is 8.46. The van der Waals surface area contributed by atoms with Crippen molar-refractivity contribution in [1.29, 1.82) is 0 Å². The Kier molecular flexibility index (Phi) is 2.80. The summed E-state index contributed by atoms with van der Waals surface area (Å²) in [7, 11) is 0. The maximum absolute atomic E-state index is 10.9. The van der Waals surface area contributed by atoms with Gasteiger partial charge in [-0.3, -0.25) is 0 Å². The molecule has 0 aliphatic heterocycles. The van der Waals surface area contributed by atoms with Crippen molar-refractivity contribution in [3.8, 4) is 0 Å². The molecule has 2 bridgehead atoms. The van der Waals surface area contributed by atoms with Crippen molar-refractivity contribution < 1.29 is 14.6 Å². The van der Waals surface area contributed by atoms with Crippen molar-refractivity contribution >= 4 is 0 Å². The van der Waals surface area contributed by atoms with Gasteiger partial charge in [0.1, 0.15) is 5.76 Å². The van der Waals surface area contributed by atoms with E-state index in [2.05, 4.69) is 13.0 Å². The minimum absolute atomic E-state index is 0.0574. The highest BCUT2D eigenvalue weighted by Gasteiger charge is 2.65. The smallest absolute Gasteiger partial charge is 0.107 e. The molecule has 126 valence electrons. The van der Waals surface area contributed by atoms with Crippen LogP contribution in [-0.2, 0) is 6.42 Å². The topological polar surface area (TPSA) is 53.6 Å². The first-order valence-electron chi connectivity index (χ1n) is 9.40. The summed E-state index contributed by atoms with van der Waals surface area (Å²) < 4.78 is 5.72. The molecule has 23 heavy (non-hydrogen) atoms. The second-order valence-corrected chi connectivity index (χ2v) is 9.23. The van der Waals surface area contributed by atoms with Crippen LogP contribution in [0.4, 0.5) is 0 Å². The molecule has 4 aliphatic rings. The summed E-state index contributed by atoms with van der Waals surface area (Å²) in [6.07, 6.45) is 10.9.